The van der Waals surface area contributed by atoms with Crippen molar-refractivity contribution in [3.63, 3.8) is 0 Å². The number of carbonyl (C=O) groups is 2. The van der Waals surface area contributed by atoms with Crippen molar-refractivity contribution in [2.24, 2.45) is 17.8 Å². The zero-order valence-electron chi connectivity index (χ0n) is 19.2. The molecular formula is C26H38N4O2. The molecule has 0 atom stereocenters. The van der Waals surface area contributed by atoms with Crippen LogP contribution in [-0.4, -0.2) is 42.0 Å². The monoisotopic (exact) mass is 438 g/mol. The van der Waals surface area contributed by atoms with Crippen LogP contribution < -0.4 is 16.0 Å². The number of benzene rings is 1. The quantitative estimate of drug-likeness (QED) is 0.581. The van der Waals surface area contributed by atoms with Gasteiger partial charge < -0.3 is 16.0 Å². The lowest BCUT2D eigenvalue weighted by molar-refractivity contribution is -0.121. The number of carbonyl (C=O) groups excluding carboxylic acids is 2. The average molecular weight is 439 g/mol. The summed E-state index contributed by atoms with van der Waals surface area (Å²) in [5.74, 6) is 2.40. The smallest absolute Gasteiger partial charge is 0.315 e. The van der Waals surface area contributed by atoms with E-state index in [1.807, 2.05) is 6.07 Å². The van der Waals surface area contributed by atoms with Crippen molar-refractivity contribution < 1.29 is 9.59 Å². The molecule has 1 aliphatic heterocycles. The fraction of sp³-hybridized carbons (Fsp3) is 0.692. The molecule has 1 aromatic rings. The van der Waals surface area contributed by atoms with Crippen LogP contribution in [0.2, 0.25) is 0 Å². The maximum Gasteiger partial charge on any atom is 0.315 e. The first-order valence-electron chi connectivity index (χ1n) is 12.7. The third kappa shape index (κ3) is 5.11. The summed E-state index contributed by atoms with van der Waals surface area (Å²) in [5, 5.41) is 9.28. The number of urea groups is 1. The fourth-order valence-corrected chi connectivity index (χ4v) is 7.19. The van der Waals surface area contributed by atoms with E-state index in [-0.39, 0.29) is 17.5 Å². The van der Waals surface area contributed by atoms with Gasteiger partial charge in [0.1, 0.15) is 0 Å². The van der Waals surface area contributed by atoms with Gasteiger partial charge in [0, 0.05) is 31.6 Å². The molecule has 6 heteroatoms. The Hall–Kier alpha value is -2.08. The summed E-state index contributed by atoms with van der Waals surface area (Å²) in [5.41, 5.74) is 2.49. The highest BCUT2D eigenvalue weighted by atomic mass is 16.2. The highest BCUT2D eigenvalue weighted by Crippen LogP contribution is 2.55. The molecule has 0 unspecified atom stereocenters. The van der Waals surface area contributed by atoms with Gasteiger partial charge in [-0.25, -0.2) is 4.79 Å². The van der Waals surface area contributed by atoms with E-state index < -0.39 is 0 Å². The van der Waals surface area contributed by atoms with Crippen molar-refractivity contribution in [3.8, 4) is 0 Å². The zero-order valence-corrected chi connectivity index (χ0v) is 19.2. The van der Waals surface area contributed by atoms with Gasteiger partial charge in [-0.2, -0.15) is 0 Å². The van der Waals surface area contributed by atoms with Crippen LogP contribution in [-0.2, 0) is 17.9 Å². The molecule has 4 aliphatic carbocycles. The van der Waals surface area contributed by atoms with Crippen molar-refractivity contribution in [1.82, 2.24) is 20.9 Å². The Morgan fingerprint density at radius 2 is 1.53 bits per heavy atom. The number of likely N-dealkylation sites (tertiary alicyclic amines) is 1. The molecule has 174 valence electrons. The lowest BCUT2D eigenvalue weighted by Crippen LogP contribution is -2.61. The number of amides is 3. The molecule has 4 saturated carbocycles. The first-order valence-corrected chi connectivity index (χ1v) is 12.7. The second-order valence-electron chi connectivity index (χ2n) is 10.9. The van der Waals surface area contributed by atoms with Crippen LogP contribution in [0, 0.1) is 17.8 Å². The lowest BCUT2D eigenvalue weighted by Gasteiger charge is -2.56. The first-order chi connectivity index (χ1) is 15.6. The van der Waals surface area contributed by atoms with Crippen molar-refractivity contribution in [2.45, 2.75) is 76.4 Å². The number of hydrogen-bond donors (Lipinski definition) is 3. The first kappa shape index (κ1) is 21.7. The Balaban J connectivity index is 1.03. The standard InChI is InChI=1S/C26H38N4O2/c31-24(28-17-22-5-1-2-6-23(22)18-30-9-3-4-10-30)7-8-27-25(32)29-26-14-19-11-20(15-26)13-21(12-19)16-26/h1-2,5-6,19-21H,3-4,7-18H2,(H,28,31)(H2,27,29,32). The molecule has 3 N–H and O–H groups in total. The van der Waals surface area contributed by atoms with Crippen LogP contribution in [0.25, 0.3) is 0 Å². The van der Waals surface area contributed by atoms with E-state index in [1.54, 1.807) is 0 Å². The Kier molecular flexibility index (Phi) is 6.40. The van der Waals surface area contributed by atoms with Crippen molar-refractivity contribution in [3.05, 3.63) is 35.4 Å². The van der Waals surface area contributed by atoms with Gasteiger partial charge in [-0.1, -0.05) is 24.3 Å². The van der Waals surface area contributed by atoms with Crippen molar-refractivity contribution in [2.75, 3.05) is 19.6 Å². The van der Waals surface area contributed by atoms with Crippen molar-refractivity contribution >= 4 is 11.9 Å². The lowest BCUT2D eigenvalue weighted by atomic mass is 9.53. The van der Waals surface area contributed by atoms with E-state index in [0.29, 0.717) is 19.5 Å². The molecule has 1 aromatic carbocycles. The second kappa shape index (κ2) is 9.42. The zero-order chi connectivity index (χ0) is 22.0. The van der Waals surface area contributed by atoms with Crippen LogP contribution in [0.5, 0.6) is 0 Å². The van der Waals surface area contributed by atoms with Crippen LogP contribution >= 0.6 is 0 Å². The highest BCUT2D eigenvalue weighted by Gasteiger charge is 2.51. The Labute approximate surface area is 191 Å². The van der Waals surface area contributed by atoms with Crippen LogP contribution in [0.15, 0.2) is 24.3 Å². The number of nitrogens with zero attached hydrogens (tertiary/aromatic N) is 1. The van der Waals surface area contributed by atoms with Gasteiger partial charge in [-0.3, -0.25) is 9.69 Å². The minimum absolute atomic E-state index is 0.0140. The Morgan fingerprint density at radius 1 is 0.906 bits per heavy atom. The molecule has 1 heterocycles. The van der Waals surface area contributed by atoms with E-state index in [2.05, 4.69) is 39.0 Å². The second-order valence-corrected chi connectivity index (χ2v) is 10.9. The third-order valence-corrected chi connectivity index (χ3v) is 8.24. The van der Waals surface area contributed by atoms with Gasteiger partial charge in [0.2, 0.25) is 5.91 Å². The molecule has 0 spiro atoms. The van der Waals surface area contributed by atoms with E-state index in [4.69, 9.17) is 0 Å². The van der Waals surface area contributed by atoms with Gasteiger partial charge >= 0.3 is 6.03 Å². The minimum atomic E-state index is -0.101. The molecule has 5 aliphatic rings. The summed E-state index contributed by atoms with van der Waals surface area (Å²) in [6.07, 6.45) is 10.4. The molecule has 6 rings (SSSR count). The molecule has 4 bridgehead atoms. The topological polar surface area (TPSA) is 73.5 Å². The van der Waals surface area contributed by atoms with Crippen LogP contribution in [0.4, 0.5) is 4.79 Å². The molecule has 0 aromatic heterocycles. The molecular weight excluding hydrogens is 400 g/mol. The van der Waals surface area contributed by atoms with Crippen molar-refractivity contribution in [1.29, 1.82) is 0 Å². The predicted molar refractivity (Wildman–Crippen MR) is 125 cm³/mol. The summed E-state index contributed by atoms with van der Waals surface area (Å²) < 4.78 is 0. The summed E-state index contributed by atoms with van der Waals surface area (Å²) in [6.45, 7) is 4.20. The SMILES string of the molecule is O=C(CCNC(=O)NC12CC3CC(CC(C3)C1)C2)NCc1ccccc1CN1CCCC1. The van der Waals surface area contributed by atoms with Crippen LogP contribution in [0.3, 0.4) is 0 Å². The average Bonchev–Trinajstić information content (AvgIpc) is 3.25. The molecule has 1 saturated heterocycles. The van der Waals surface area contributed by atoms with Crippen LogP contribution in [0.1, 0.15) is 68.9 Å². The Bertz CT molecular complexity index is 798. The van der Waals surface area contributed by atoms with Gasteiger partial charge in [0.05, 0.1) is 0 Å². The molecule has 5 fully saturated rings. The molecule has 6 nitrogen and oxygen atoms in total. The number of rotatable bonds is 8. The van der Waals surface area contributed by atoms with E-state index in [9.17, 15) is 9.59 Å². The van der Waals surface area contributed by atoms with Gasteiger partial charge in [0.15, 0.2) is 0 Å². The number of hydrogen-bond acceptors (Lipinski definition) is 3. The largest absolute Gasteiger partial charge is 0.352 e. The van der Waals surface area contributed by atoms with E-state index in [0.717, 1.165) is 56.7 Å². The fourth-order valence-electron chi connectivity index (χ4n) is 7.19. The normalized spacial score (nSPS) is 30.9. The summed E-state index contributed by atoms with van der Waals surface area (Å²) in [6, 6.07) is 8.27. The van der Waals surface area contributed by atoms with Gasteiger partial charge in [-0.05, 0) is 93.3 Å². The minimum Gasteiger partial charge on any atom is -0.352 e. The molecule has 3 amide bonds. The van der Waals surface area contributed by atoms with Gasteiger partial charge in [0.25, 0.3) is 0 Å². The van der Waals surface area contributed by atoms with E-state index in [1.165, 1.54) is 43.2 Å². The van der Waals surface area contributed by atoms with E-state index >= 15 is 0 Å². The number of nitrogens with one attached hydrogen (secondary N) is 3. The highest BCUT2D eigenvalue weighted by molar-refractivity contribution is 5.78. The van der Waals surface area contributed by atoms with Gasteiger partial charge in [-0.15, -0.1) is 0 Å². The summed E-state index contributed by atoms with van der Waals surface area (Å²) in [4.78, 5) is 27.4. The third-order valence-electron chi connectivity index (χ3n) is 8.24. The maximum absolute atomic E-state index is 12.5. The molecule has 0 radical (unpaired) electrons. The summed E-state index contributed by atoms with van der Waals surface area (Å²) in [7, 11) is 0. The predicted octanol–water partition coefficient (Wildman–Crippen LogP) is 3.56. The Morgan fingerprint density at radius 3 is 2.19 bits per heavy atom. The maximum atomic E-state index is 12.5. The molecule has 32 heavy (non-hydrogen) atoms. The summed E-state index contributed by atoms with van der Waals surface area (Å²) >= 11 is 0.